The molecule has 136 valence electrons. The first-order valence-electron chi connectivity index (χ1n) is 8.80. The Kier molecular flexibility index (Phi) is 5.26. The molecular formula is C21H24N2O3. The molecule has 0 saturated heterocycles. The van der Waals surface area contributed by atoms with Gasteiger partial charge in [-0.1, -0.05) is 31.1 Å². The van der Waals surface area contributed by atoms with Crippen LogP contribution in [0.2, 0.25) is 0 Å². The maximum atomic E-state index is 12.7. The fourth-order valence-electron chi connectivity index (χ4n) is 2.83. The summed E-state index contributed by atoms with van der Waals surface area (Å²) in [5.74, 6) is 1.24. The van der Waals surface area contributed by atoms with E-state index in [0.29, 0.717) is 30.5 Å². The largest absolute Gasteiger partial charge is 0.459 e. The van der Waals surface area contributed by atoms with Gasteiger partial charge < -0.3 is 13.8 Å². The molecule has 0 aliphatic heterocycles. The van der Waals surface area contributed by atoms with Crippen LogP contribution in [0.4, 0.5) is 0 Å². The lowest BCUT2D eigenvalue weighted by molar-refractivity contribution is 0.0686. The van der Waals surface area contributed by atoms with Crippen LogP contribution >= 0.6 is 0 Å². The molecular weight excluding hydrogens is 328 g/mol. The van der Waals surface area contributed by atoms with Crippen molar-refractivity contribution in [3.63, 3.8) is 0 Å². The second-order valence-corrected chi connectivity index (χ2v) is 7.04. The predicted molar refractivity (Wildman–Crippen MR) is 99.7 cm³/mol. The van der Waals surface area contributed by atoms with E-state index in [-0.39, 0.29) is 5.91 Å². The van der Waals surface area contributed by atoms with Gasteiger partial charge in [-0.15, -0.1) is 0 Å². The van der Waals surface area contributed by atoms with Gasteiger partial charge in [0.2, 0.25) is 0 Å². The number of carbonyl (C=O) groups excluding carboxylic acids is 1. The molecule has 3 rings (SSSR count). The van der Waals surface area contributed by atoms with E-state index in [1.54, 1.807) is 17.0 Å². The monoisotopic (exact) mass is 352 g/mol. The van der Waals surface area contributed by atoms with E-state index in [1.807, 2.05) is 12.1 Å². The van der Waals surface area contributed by atoms with Crippen molar-refractivity contribution in [1.82, 2.24) is 10.1 Å². The average Bonchev–Trinajstić information content (AvgIpc) is 3.27. The number of nitrogens with zero attached hydrogens (tertiary/aromatic N) is 2. The third-order valence-corrected chi connectivity index (χ3v) is 4.31. The first kappa shape index (κ1) is 18.0. The standard InChI is InChI=1S/C21H24N2O3/c1-14(2)12-23(21(24)19-6-5-9-25-19)13-18-11-20(26-22-18)17-8-7-15(3)16(4)10-17/h5-11,14H,12-13H2,1-4H3. The smallest absolute Gasteiger partial charge is 0.289 e. The minimum Gasteiger partial charge on any atom is -0.459 e. The molecule has 0 N–H and O–H groups in total. The molecule has 0 atom stereocenters. The summed E-state index contributed by atoms with van der Waals surface area (Å²) in [6, 6.07) is 11.5. The van der Waals surface area contributed by atoms with Crippen molar-refractivity contribution in [2.45, 2.75) is 34.2 Å². The molecule has 0 aliphatic carbocycles. The molecule has 0 spiro atoms. The summed E-state index contributed by atoms with van der Waals surface area (Å²) in [4.78, 5) is 14.4. The minimum atomic E-state index is -0.139. The number of furan rings is 1. The first-order valence-corrected chi connectivity index (χ1v) is 8.80. The van der Waals surface area contributed by atoms with Gasteiger partial charge in [0.15, 0.2) is 11.5 Å². The van der Waals surface area contributed by atoms with Crippen LogP contribution in [0.15, 0.2) is 51.6 Å². The number of aromatic nitrogens is 1. The Morgan fingerprint density at radius 3 is 2.62 bits per heavy atom. The number of carbonyl (C=O) groups is 1. The molecule has 2 heterocycles. The molecule has 0 fully saturated rings. The van der Waals surface area contributed by atoms with Crippen molar-refractivity contribution in [1.29, 1.82) is 0 Å². The molecule has 5 heteroatoms. The number of amides is 1. The highest BCUT2D eigenvalue weighted by Gasteiger charge is 2.21. The molecule has 0 saturated carbocycles. The molecule has 26 heavy (non-hydrogen) atoms. The second-order valence-electron chi connectivity index (χ2n) is 7.04. The normalized spacial score (nSPS) is 11.1. The number of hydrogen-bond acceptors (Lipinski definition) is 4. The Bertz CT molecular complexity index is 879. The molecule has 1 amide bonds. The summed E-state index contributed by atoms with van der Waals surface area (Å²) in [7, 11) is 0. The quantitative estimate of drug-likeness (QED) is 0.636. The van der Waals surface area contributed by atoms with Gasteiger partial charge in [-0.25, -0.2) is 0 Å². The Morgan fingerprint density at radius 2 is 1.96 bits per heavy atom. The van der Waals surface area contributed by atoms with Crippen LogP contribution in [0.1, 0.15) is 41.2 Å². The molecule has 0 bridgehead atoms. The fraction of sp³-hybridized carbons (Fsp3) is 0.333. The third kappa shape index (κ3) is 4.04. The topological polar surface area (TPSA) is 59.5 Å². The summed E-state index contributed by atoms with van der Waals surface area (Å²) in [5.41, 5.74) is 4.15. The first-order chi connectivity index (χ1) is 12.4. The predicted octanol–water partition coefficient (Wildman–Crippen LogP) is 4.85. The summed E-state index contributed by atoms with van der Waals surface area (Å²) in [6.07, 6.45) is 1.51. The molecule has 1 aromatic carbocycles. The summed E-state index contributed by atoms with van der Waals surface area (Å²) in [5, 5.41) is 4.16. The van der Waals surface area contributed by atoms with Crippen LogP contribution in [0.3, 0.4) is 0 Å². The fourth-order valence-corrected chi connectivity index (χ4v) is 2.83. The Balaban J connectivity index is 1.80. The van der Waals surface area contributed by atoms with E-state index >= 15 is 0 Å². The highest BCUT2D eigenvalue weighted by atomic mass is 16.5. The van der Waals surface area contributed by atoms with Crippen molar-refractivity contribution in [3.05, 3.63) is 65.2 Å². The Labute approximate surface area is 153 Å². The summed E-state index contributed by atoms with van der Waals surface area (Å²) >= 11 is 0. The zero-order valence-electron chi connectivity index (χ0n) is 15.7. The van der Waals surface area contributed by atoms with E-state index in [4.69, 9.17) is 8.94 Å². The van der Waals surface area contributed by atoms with Crippen LogP contribution in [0.25, 0.3) is 11.3 Å². The Hall–Kier alpha value is -2.82. The van der Waals surface area contributed by atoms with Crippen LogP contribution in [0, 0.1) is 19.8 Å². The zero-order chi connectivity index (χ0) is 18.7. The average molecular weight is 352 g/mol. The Morgan fingerprint density at radius 1 is 1.15 bits per heavy atom. The number of benzene rings is 1. The van der Waals surface area contributed by atoms with Crippen molar-refractivity contribution in [2.75, 3.05) is 6.54 Å². The van der Waals surface area contributed by atoms with Gasteiger partial charge in [-0.3, -0.25) is 4.79 Å². The van der Waals surface area contributed by atoms with Crippen molar-refractivity contribution < 1.29 is 13.7 Å². The molecule has 0 aliphatic rings. The lowest BCUT2D eigenvalue weighted by atomic mass is 10.0. The van der Waals surface area contributed by atoms with E-state index in [9.17, 15) is 4.79 Å². The van der Waals surface area contributed by atoms with Gasteiger partial charge in [0.25, 0.3) is 5.91 Å². The lowest BCUT2D eigenvalue weighted by Crippen LogP contribution is -2.33. The van der Waals surface area contributed by atoms with Gasteiger partial charge >= 0.3 is 0 Å². The highest BCUT2D eigenvalue weighted by molar-refractivity contribution is 5.91. The molecule has 3 aromatic rings. The van der Waals surface area contributed by atoms with Gasteiger partial charge in [-0.05, 0) is 49.1 Å². The van der Waals surface area contributed by atoms with Gasteiger partial charge in [0.05, 0.1) is 12.8 Å². The van der Waals surface area contributed by atoms with Gasteiger partial charge in [0, 0.05) is 18.2 Å². The maximum Gasteiger partial charge on any atom is 0.289 e. The van der Waals surface area contributed by atoms with E-state index in [0.717, 1.165) is 11.3 Å². The van der Waals surface area contributed by atoms with Crippen molar-refractivity contribution in [2.24, 2.45) is 5.92 Å². The molecule has 5 nitrogen and oxygen atoms in total. The van der Waals surface area contributed by atoms with Crippen molar-refractivity contribution in [3.8, 4) is 11.3 Å². The number of hydrogen-bond donors (Lipinski definition) is 0. The van der Waals surface area contributed by atoms with Crippen LogP contribution in [-0.2, 0) is 6.54 Å². The SMILES string of the molecule is Cc1ccc(-c2cc(CN(CC(C)C)C(=O)c3ccco3)no2)cc1C. The molecule has 0 unspecified atom stereocenters. The van der Waals surface area contributed by atoms with Crippen LogP contribution in [-0.4, -0.2) is 22.5 Å². The van der Waals surface area contributed by atoms with Crippen molar-refractivity contribution >= 4 is 5.91 Å². The molecule has 0 radical (unpaired) electrons. The van der Waals surface area contributed by atoms with E-state index < -0.39 is 0 Å². The number of aryl methyl sites for hydroxylation is 2. The highest BCUT2D eigenvalue weighted by Crippen LogP contribution is 2.24. The lowest BCUT2D eigenvalue weighted by Gasteiger charge is -2.22. The zero-order valence-corrected chi connectivity index (χ0v) is 15.7. The minimum absolute atomic E-state index is 0.139. The maximum absolute atomic E-state index is 12.7. The number of rotatable bonds is 6. The van der Waals surface area contributed by atoms with Crippen LogP contribution in [0.5, 0.6) is 0 Å². The second kappa shape index (κ2) is 7.60. The summed E-state index contributed by atoms with van der Waals surface area (Å²) < 4.78 is 10.8. The summed E-state index contributed by atoms with van der Waals surface area (Å²) in [6.45, 7) is 9.30. The van der Waals surface area contributed by atoms with E-state index in [1.165, 1.54) is 17.4 Å². The molecule has 2 aromatic heterocycles. The van der Waals surface area contributed by atoms with Gasteiger partial charge in [-0.2, -0.15) is 0 Å². The van der Waals surface area contributed by atoms with Crippen LogP contribution < -0.4 is 0 Å². The van der Waals surface area contributed by atoms with Gasteiger partial charge in [0.1, 0.15) is 5.69 Å². The van der Waals surface area contributed by atoms with E-state index in [2.05, 4.69) is 45.0 Å². The third-order valence-electron chi connectivity index (χ3n) is 4.31.